The second-order valence-electron chi connectivity index (χ2n) is 5.11. The SMILES string of the molecule is O=C(Cn1cnc2sc3c(c2c1=O)CCC3)NCC(F)(F)F. The predicted molar refractivity (Wildman–Crippen MR) is 75.0 cm³/mol. The molecule has 1 N–H and O–H groups in total. The van der Waals surface area contributed by atoms with Crippen LogP contribution in [-0.2, 0) is 24.2 Å². The number of carbonyl (C=O) groups excluding carboxylic acids is 1. The lowest BCUT2D eigenvalue weighted by Crippen LogP contribution is -2.37. The second-order valence-corrected chi connectivity index (χ2v) is 6.19. The van der Waals surface area contributed by atoms with Gasteiger partial charge >= 0.3 is 6.18 Å². The van der Waals surface area contributed by atoms with Gasteiger partial charge in [0.2, 0.25) is 5.91 Å². The van der Waals surface area contributed by atoms with E-state index >= 15 is 0 Å². The largest absolute Gasteiger partial charge is 0.405 e. The Balaban J connectivity index is 1.84. The minimum Gasteiger partial charge on any atom is -0.345 e. The van der Waals surface area contributed by atoms with Crippen molar-refractivity contribution >= 4 is 27.5 Å². The highest BCUT2D eigenvalue weighted by Gasteiger charge is 2.28. The number of rotatable bonds is 3. The molecule has 9 heteroatoms. The molecule has 0 radical (unpaired) electrons. The van der Waals surface area contributed by atoms with Crippen molar-refractivity contribution in [1.82, 2.24) is 14.9 Å². The zero-order chi connectivity index (χ0) is 15.9. The molecular weight excluding hydrogens is 319 g/mol. The van der Waals surface area contributed by atoms with Crippen LogP contribution in [0.5, 0.6) is 0 Å². The molecule has 0 aromatic carbocycles. The molecular formula is C13H12F3N3O2S. The quantitative estimate of drug-likeness (QED) is 0.930. The van der Waals surface area contributed by atoms with Gasteiger partial charge in [-0.05, 0) is 24.8 Å². The van der Waals surface area contributed by atoms with Gasteiger partial charge in [0.05, 0.1) is 11.7 Å². The summed E-state index contributed by atoms with van der Waals surface area (Å²) in [6.45, 7) is -1.88. The van der Waals surface area contributed by atoms with Crippen LogP contribution >= 0.6 is 11.3 Å². The maximum Gasteiger partial charge on any atom is 0.405 e. The van der Waals surface area contributed by atoms with Crippen molar-refractivity contribution in [3.8, 4) is 0 Å². The maximum absolute atomic E-state index is 12.4. The van der Waals surface area contributed by atoms with Crippen molar-refractivity contribution in [3.63, 3.8) is 0 Å². The Morgan fingerprint density at radius 1 is 1.41 bits per heavy atom. The summed E-state index contributed by atoms with van der Waals surface area (Å²) in [5, 5.41) is 2.25. The molecule has 3 rings (SSSR count). The van der Waals surface area contributed by atoms with Crippen molar-refractivity contribution in [2.75, 3.05) is 6.54 Å². The molecule has 1 amide bonds. The Hall–Kier alpha value is -1.90. The van der Waals surface area contributed by atoms with E-state index in [4.69, 9.17) is 0 Å². The van der Waals surface area contributed by atoms with Crippen LogP contribution in [0.1, 0.15) is 16.9 Å². The van der Waals surface area contributed by atoms with Gasteiger partial charge in [-0.15, -0.1) is 11.3 Å². The fourth-order valence-electron chi connectivity index (χ4n) is 2.54. The zero-order valence-electron chi connectivity index (χ0n) is 11.4. The molecule has 0 atom stereocenters. The van der Waals surface area contributed by atoms with Crippen LogP contribution in [0.2, 0.25) is 0 Å². The molecule has 0 saturated carbocycles. The summed E-state index contributed by atoms with van der Waals surface area (Å²) in [5.74, 6) is -0.868. The summed E-state index contributed by atoms with van der Waals surface area (Å²) in [7, 11) is 0. The summed E-state index contributed by atoms with van der Waals surface area (Å²) < 4.78 is 37.2. The van der Waals surface area contributed by atoms with Crippen LogP contribution in [0.3, 0.4) is 0 Å². The van der Waals surface area contributed by atoms with Crippen LogP contribution in [0, 0.1) is 0 Å². The topological polar surface area (TPSA) is 64.0 Å². The average molecular weight is 331 g/mol. The lowest BCUT2D eigenvalue weighted by Gasteiger charge is -2.09. The summed E-state index contributed by atoms with van der Waals surface area (Å²) in [6, 6.07) is 0. The second kappa shape index (κ2) is 5.38. The summed E-state index contributed by atoms with van der Waals surface area (Å²) in [6.07, 6.45) is -0.559. The number of nitrogens with one attached hydrogen (secondary N) is 1. The maximum atomic E-state index is 12.4. The number of fused-ring (bicyclic) bond motifs is 3. The number of aryl methyl sites for hydroxylation is 2. The molecule has 5 nitrogen and oxygen atoms in total. The first kappa shape index (κ1) is 15.0. The van der Waals surface area contributed by atoms with Crippen molar-refractivity contribution in [1.29, 1.82) is 0 Å². The number of thiophene rings is 1. The van der Waals surface area contributed by atoms with Gasteiger partial charge in [-0.25, -0.2) is 4.98 Å². The number of hydrogen-bond acceptors (Lipinski definition) is 4. The van der Waals surface area contributed by atoms with Gasteiger partial charge in [0, 0.05) is 4.88 Å². The van der Waals surface area contributed by atoms with Gasteiger partial charge in [0.15, 0.2) is 0 Å². The normalized spacial score (nSPS) is 14.3. The standard InChI is InChI=1S/C13H12F3N3O2S/c14-13(15,16)5-17-9(20)4-19-6-18-11-10(12(19)21)7-2-1-3-8(7)22-11/h6H,1-5H2,(H,17,20). The van der Waals surface area contributed by atoms with Gasteiger partial charge in [-0.3, -0.25) is 14.2 Å². The Kier molecular flexibility index (Phi) is 3.67. The first-order valence-electron chi connectivity index (χ1n) is 6.68. The number of aromatic nitrogens is 2. The Bertz CT molecular complexity index is 794. The van der Waals surface area contributed by atoms with Crippen LogP contribution in [0.25, 0.3) is 10.2 Å². The molecule has 2 aromatic heterocycles. The average Bonchev–Trinajstić information content (AvgIpc) is 2.99. The number of nitrogens with zero attached hydrogens (tertiary/aromatic N) is 2. The summed E-state index contributed by atoms with van der Waals surface area (Å²) >= 11 is 1.47. The van der Waals surface area contributed by atoms with Crippen molar-refractivity contribution in [3.05, 3.63) is 27.1 Å². The third-order valence-electron chi connectivity index (χ3n) is 3.49. The number of hydrogen-bond donors (Lipinski definition) is 1. The first-order chi connectivity index (χ1) is 10.3. The van der Waals surface area contributed by atoms with Crippen LogP contribution in [-0.4, -0.2) is 28.2 Å². The van der Waals surface area contributed by atoms with Gasteiger partial charge in [0.1, 0.15) is 17.9 Å². The smallest absolute Gasteiger partial charge is 0.345 e. The highest BCUT2D eigenvalue weighted by atomic mass is 32.1. The number of alkyl halides is 3. The summed E-state index contributed by atoms with van der Waals surface area (Å²) in [4.78, 5) is 29.8. The highest BCUT2D eigenvalue weighted by Crippen LogP contribution is 2.34. The predicted octanol–water partition coefficient (Wildman–Crippen LogP) is 1.63. The number of halogens is 3. The van der Waals surface area contributed by atoms with Gasteiger partial charge in [-0.1, -0.05) is 0 Å². The van der Waals surface area contributed by atoms with E-state index in [0.717, 1.165) is 34.3 Å². The molecule has 1 aliphatic carbocycles. The van der Waals surface area contributed by atoms with Crippen molar-refractivity contribution < 1.29 is 18.0 Å². The molecule has 0 saturated heterocycles. The highest BCUT2D eigenvalue weighted by molar-refractivity contribution is 7.18. The number of amides is 1. The Morgan fingerprint density at radius 3 is 2.91 bits per heavy atom. The van der Waals surface area contributed by atoms with Crippen molar-refractivity contribution in [2.24, 2.45) is 0 Å². The monoisotopic (exact) mass is 331 g/mol. The number of carbonyl (C=O) groups is 1. The van der Waals surface area contributed by atoms with E-state index in [2.05, 4.69) is 4.98 Å². The molecule has 118 valence electrons. The molecule has 2 heterocycles. The van der Waals surface area contributed by atoms with Crippen molar-refractivity contribution in [2.45, 2.75) is 32.0 Å². The van der Waals surface area contributed by atoms with Gasteiger partial charge in [0.25, 0.3) is 5.56 Å². The lowest BCUT2D eigenvalue weighted by molar-refractivity contribution is -0.138. The Morgan fingerprint density at radius 2 is 2.18 bits per heavy atom. The molecule has 22 heavy (non-hydrogen) atoms. The van der Waals surface area contributed by atoms with E-state index in [1.54, 1.807) is 5.32 Å². The van der Waals surface area contributed by atoms with Crippen LogP contribution in [0.4, 0.5) is 13.2 Å². The van der Waals surface area contributed by atoms with E-state index in [1.807, 2.05) is 0 Å². The van der Waals surface area contributed by atoms with Crippen LogP contribution < -0.4 is 10.9 Å². The molecule has 0 aliphatic heterocycles. The fourth-order valence-corrected chi connectivity index (χ4v) is 3.76. The lowest BCUT2D eigenvalue weighted by atomic mass is 10.2. The minimum absolute atomic E-state index is 0.369. The van der Waals surface area contributed by atoms with E-state index in [-0.39, 0.29) is 5.56 Å². The first-order valence-corrected chi connectivity index (χ1v) is 7.50. The van der Waals surface area contributed by atoms with E-state index in [9.17, 15) is 22.8 Å². The third kappa shape index (κ3) is 2.85. The van der Waals surface area contributed by atoms with E-state index < -0.39 is 25.2 Å². The zero-order valence-corrected chi connectivity index (χ0v) is 12.2. The third-order valence-corrected chi connectivity index (χ3v) is 4.69. The van der Waals surface area contributed by atoms with Gasteiger partial charge < -0.3 is 5.32 Å². The van der Waals surface area contributed by atoms with Gasteiger partial charge in [-0.2, -0.15) is 13.2 Å². The molecule has 2 aromatic rings. The fraction of sp³-hybridized carbons (Fsp3) is 0.462. The molecule has 0 bridgehead atoms. The molecule has 0 spiro atoms. The minimum atomic E-state index is -4.48. The van der Waals surface area contributed by atoms with E-state index in [1.165, 1.54) is 17.7 Å². The molecule has 0 fully saturated rings. The Labute approximate surface area is 126 Å². The summed E-state index contributed by atoms with van der Waals surface area (Å²) in [5.41, 5.74) is 0.606. The molecule has 1 aliphatic rings. The van der Waals surface area contributed by atoms with E-state index in [0.29, 0.717) is 10.2 Å². The van der Waals surface area contributed by atoms with Crippen LogP contribution in [0.15, 0.2) is 11.1 Å². The molecule has 0 unspecified atom stereocenters.